The lowest BCUT2D eigenvalue weighted by atomic mass is 10.1. The molecule has 0 heterocycles. The minimum atomic E-state index is -4.56. The molecule has 0 saturated heterocycles. The zero-order valence-corrected chi connectivity index (χ0v) is 38.5. The van der Waals surface area contributed by atoms with Gasteiger partial charge in [0, 0.05) is 13.0 Å². The molecule has 0 bridgehead atoms. The molecule has 0 aliphatic carbocycles. The van der Waals surface area contributed by atoms with E-state index >= 15 is 0 Å². The van der Waals surface area contributed by atoms with Crippen LogP contribution in [-0.4, -0.2) is 70.7 Å². The number of quaternary nitrogens is 1. The summed E-state index contributed by atoms with van der Waals surface area (Å²) in [4.78, 5) is 25.0. The zero-order valence-electron chi connectivity index (χ0n) is 37.6. The summed E-state index contributed by atoms with van der Waals surface area (Å²) >= 11 is 0. The molecule has 0 spiro atoms. The van der Waals surface area contributed by atoms with Gasteiger partial charge >= 0.3 is 5.97 Å². The van der Waals surface area contributed by atoms with Crippen molar-refractivity contribution in [3.8, 4) is 0 Å². The van der Waals surface area contributed by atoms with Crippen molar-refractivity contribution in [3.05, 3.63) is 122 Å². The molecule has 2 atom stereocenters. The van der Waals surface area contributed by atoms with E-state index in [4.69, 9.17) is 18.5 Å². The quantitative estimate of drug-likeness (QED) is 0.0200. The third kappa shape index (κ3) is 45.8. The highest BCUT2D eigenvalue weighted by atomic mass is 31.2. The Morgan fingerprint density at radius 1 is 0.525 bits per heavy atom. The fraction of sp³-hybridized carbons (Fsp3) is 0.580. The maximum Gasteiger partial charge on any atom is 0.306 e. The number of hydrogen-bond donors (Lipinski definition) is 0. The van der Waals surface area contributed by atoms with Crippen LogP contribution in [0.3, 0.4) is 0 Å². The summed E-state index contributed by atoms with van der Waals surface area (Å²) in [6.45, 7) is 5.00. The van der Waals surface area contributed by atoms with E-state index in [9.17, 15) is 14.3 Å². The van der Waals surface area contributed by atoms with Gasteiger partial charge in [-0.05, 0) is 96.3 Å². The first kappa shape index (κ1) is 55.9. The summed E-state index contributed by atoms with van der Waals surface area (Å²) in [6.07, 6.45) is 59.4. The molecule has 0 aromatic heterocycles. The molecule has 0 aromatic rings. The molecular formula is C50H82NO7P. The van der Waals surface area contributed by atoms with E-state index in [-0.39, 0.29) is 26.2 Å². The van der Waals surface area contributed by atoms with Crippen molar-refractivity contribution in [1.82, 2.24) is 0 Å². The SMILES string of the molecule is CC/C=C\C/C=C\C/C=C\C/C=C\C/C=C\C/C=C\C/C=C\CCCC(=O)OC(COCCCCCC/C=C\C/C=C\C/C=C\CC)COP(=O)([O-])OCC[N+](C)(C)C. The number of phosphoric ester groups is 1. The summed E-state index contributed by atoms with van der Waals surface area (Å²) in [7, 11) is 1.28. The first-order chi connectivity index (χ1) is 28.6. The number of hydrogen-bond acceptors (Lipinski definition) is 7. The first-order valence-corrected chi connectivity index (χ1v) is 23.7. The van der Waals surface area contributed by atoms with Crippen molar-refractivity contribution in [2.24, 2.45) is 0 Å². The number of nitrogens with zero attached hydrogens (tertiary/aromatic N) is 1. The van der Waals surface area contributed by atoms with Crippen molar-refractivity contribution < 1.29 is 37.3 Å². The number of ether oxygens (including phenoxy) is 2. The molecule has 0 fully saturated rings. The second-order valence-electron chi connectivity index (χ2n) is 15.3. The molecule has 0 saturated carbocycles. The largest absolute Gasteiger partial charge is 0.756 e. The molecule has 0 aromatic carbocycles. The van der Waals surface area contributed by atoms with Crippen molar-refractivity contribution in [2.45, 2.75) is 136 Å². The van der Waals surface area contributed by atoms with Crippen LogP contribution in [0.4, 0.5) is 0 Å². The molecule has 8 nitrogen and oxygen atoms in total. The maximum atomic E-state index is 12.7. The van der Waals surface area contributed by atoms with Crippen molar-refractivity contribution in [1.29, 1.82) is 0 Å². The molecule has 9 heteroatoms. The Bertz CT molecular complexity index is 1350. The monoisotopic (exact) mass is 840 g/mol. The minimum Gasteiger partial charge on any atom is -0.756 e. The lowest BCUT2D eigenvalue weighted by Gasteiger charge is -2.28. The van der Waals surface area contributed by atoms with Crippen LogP contribution in [0.25, 0.3) is 0 Å². The van der Waals surface area contributed by atoms with Crippen LogP contribution in [0.15, 0.2) is 122 Å². The van der Waals surface area contributed by atoms with Gasteiger partial charge in [-0.3, -0.25) is 9.36 Å². The van der Waals surface area contributed by atoms with Crippen molar-refractivity contribution in [3.63, 3.8) is 0 Å². The van der Waals surface area contributed by atoms with Crippen LogP contribution in [0.1, 0.15) is 129 Å². The van der Waals surface area contributed by atoms with Gasteiger partial charge in [0.1, 0.15) is 19.3 Å². The van der Waals surface area contributed by atoms with E-state index in [1.807, 2.05) is 21.1 Å². The van der Waals surface area contributed by atoms with Gasteiger partial charge in [-0.2, -0.15) is 0 Å². The Morgan fingerprint density at radius 2 is 0.932 bits per heavy atom. The number of phosphoric acid groups is 1. The van der Waals surface area contributed by atoms with Gasteiger partial charge in [0.05, 0.1) is 34.4 Å². The average Bonchev–Trinajstić information content (AvgIpc) is 3.19. The predicted octanol–water partition coefficient (Wildman–Crippen LogP) is 12.7. The first-order valence-electron chi connectivity index (χ1n) is 22.3. The van der Waals surface area contributed by atoms with Crippen molar-refractivity contribution in [2.75, 3.05) is 54.1 Å². The molecule has 334 valence electrons. The van der Waals surface area contributed by atoms with Gasteiger partial charge < -0.3 is 27.9 Å². The van der Waals surface area contributed by atoms with Crippen LogP contribution in [0, 0.1) is 0 Å². The fourth-order valence-electron chi connectivity index (χ4n) is 5.14. The molecule has 0 radical (unpaired) electrons. The van der Waals surface area contributed by atoms with Gasteiger partial charge in [0.15, 0.2) is 0 Å². The molecule has 0 aliphatic heterocycles. The molecular weight excluding hydrogens is 758 g/mol. The number of likely N-dealkylation sites (N-methyl/N-ethyl adjacent to an activating group) is 1. The molecule has 0 N–H and O–H groups in total. The lowest BCUT2D eigenvalue weighted by Crippen LogP contribution is -2.37. The standard InChI is InChI=1S/C50H82NO7P/c1-6-8-10-12-14-16-18-20-22-23-24-25-26-27-28-29-30-31-33-35-37-39-41-43-50(52)58-49(48-57-59(53,54)56-46-44-51(3,4)5)47-55-45-42-40-38-36-34-32-21-19-17-15-13-11-9-7-2/h8-11,14-17,20-22,24-25,27-28,30-32,35,37,49H,6-7,12-13,18-19,23,26,29,33-34,36,38-48H2,1-5H3/b10-8-,11-9-,16-14-,17-15-,22-20-,25-24-,28-27-,31-30-,32-21-,37-35-. The van der Waals surface area contributed by atoms with Crippen LogP contribution < -0.4 is 4.89 Å². The van der Waals surface area contributed by atoms with E-state index in [1.165, 1.54) is 0 Å². The maximum absolute atomic E-state index is 12.7. The topological polar surface area (TPSA) is 94.1 Å². The Balaban J connectivity index is 4.40. The normalized spacial score (nSPS) is 14.9. The van der Waals surface area contributed by atoms with Crippen LogP contribution in [0.5, 0.6) is 0 Å². The number of rotatable bonds is 39. The summed E-state index contributed by atoms with van der Waals surface area (Å²) in [6, 6.07) is 0. The third-order valence-electron chi connectivity index (χ3n) is 8.51. The number of carbonyl (C=O) groups is 1. The zero-order chi connectivity index (χ0) is 43.4. The Labute approximate surface area is 361 Å². The number of esters is 1. The average molecular weight is 840 g/mol. The highest BCUT2D eigenvalue weighted by molar-refractivity contribution is 7.45. The van der Waals surface area contributed by atoms with E-state index < -0.39 is 19.9 Å². The van der Waals surface area contributed by atoms with E-state index in [1.54, 1.807) is 0 Å². The molecule has 0 rings (SSSR count). The number of unbranched alkanes of at least 4 members (excludes halogenated alkanes) is 5. The molecule has 2 unspecified atom stereocenters. The van der Waals surface area contributed by atoms with E-state index in [0.29, 0.717) is 24.1 Å². The van der Waals surface area contributed by atoms with Gasteiger partial charge in [-0.1, -0.05) is 148 Å². The number of allylic oxidation sites excluding steroid dienone is 20. The molecule has 0 aliphatic rings. The summed E-state index contributed by atoms with van der Waals surface area (Å²) in [5.74, 6) is -0.406. The Morgan fingerprint density at radius 3 is 1.37 bits per heavy atom. The summed E-state index contributed by atoms with van der Waals surface area (Å²) < 4.78 is 34.5. The highest BCUT2D eigenvalue weighted by Gasteiger charge is 2.20. The molecule has 59 heavy (non-hydrogen) atoms. The second-order valence-corrected chi connectivity index (χ2v) is 16.7. The van der Waals surface area contributed by atoms with Gasteiger partial charge in [0.25, 0.3) is 7.82 Å². The lowest BCUT2D eigenvalue weighted by molar-refractivity contribution is -0.870. The second kappa shape index (κ2) is 41.6. The smallest absolute Gasteiger partial charge is 0.306 e. The summed E-state index contributed by atoms with van der Waals surface area (Å²) in [5, 5.41) is 0. The van der Waals surface area contributed by atoms with Gasteiger partial charge in [0.2, 0.25) is 0 Å². The van der Waals surface area contributed by atoms with Crippen LogP contribution in [0.2, 0.25) is 0 Å². The number of carbonyl (C=O) groups excluding carboxylic acids is 1. The predicted molar refractivity (Wildman–Crippen MR) is 249 cm³/mol. The fourth-order valence-corrected chi connectivity index (χ4v) is 5.86. The van der Waals surface area contributed by atoms with Crippen LogP contribution in [-0.2, 0) is 27.9 Å². The minimum absolute atomic E-state index is 0.00260. The van der Waals surface area contributed by atoms with E-state index in [0.717, 1.165) is 103 Å². The highest BCUT2D eigenvalue weighted by Crippen LogP contribution is 2.38. The summed E-state index contributed by atoms with van der Waals surface area (Å²) in [5.41, 5.74) is 0. The Hall–Kier alpha value is -3.10. The third-order valence-corrected chi connectivity index (χ3v) is 9.47. The van der Waals surface area contributed by atoms with E-state index in [2.05, 4.69) is 135 Å². The van der Waals surface area contributed by atoms with Gasteiger partial charge in [-0.25, -0.2) is 0 Å². The van der Waals surface area contributed by atoms with Crippen molar-refractivity contribution >= 4 is 13.8 Å². The Kier molecular flexibility index (Phi) is 39.4. The van der Waals surface area contributed by atoms with Gasteiger partial charge in [-0.15, -0.1) is 0 Å². The van der Waals surface area contributed by atoms with Crippen LogP contribution >= 0.6 is 7.82 Å². The molecule has 0 amide bonds.